The van der Waals surface area contributed by atoms with Gasteiger partial charge in [-0.1, -0.05) is 37.3 Å². The van der Waals surface area contributed by atoms with E-state index >= 15 is 0 Å². The Kier molecular flexibility index (Phi) is 8.78. The normalized spacial score (nSPS) is 32.6. The van der Waals surface area contributed by atoms with Crippen molar-refractivity contribution in [3.05, 3.63) is 60.1 Å². The Morgan fingerprint density at radius 2 is 1.64 bits per heavy atom. The Bertz CT molecular complexity index is 1410. The van der Waals surface area contributed by atoms with Gasteiger partial charge in [-0.2, -0.15) is 13.2 Å². The van der Waals surface area contributed by atoms with E-state index in [1.54, 1.807) is 6.07 Å². The van der Waals surface area contributed by atoms with Gasteiger partial charge < -0.3 is 28.1 Å². The number of hydrogen-bond acceptors (Lipinski definition) is 10. The van der Waals surface area contributed by atoms with Gasteiger partial charge in [0.05, 0.1) is 18.4 Å². The first-order chi connectivity index (χ1) is 21.2. The lowest BCUT2D eigenvalue weighted by Gasteiger charge is -2.59. The van der Waals surface area contributed by atoms with Crippen molar-refractivity contribution in [3.63, 3.8) is 0 Å². The van der Waals surface area contributed by atoms with E-state index in [1.165, 1.54) is 37.6 Å². The highest BCUT2D eigenvalue weighted by molar-refractivity contribution is 5.83. The van der Waals surface area contributed by atoms with E-state index in [-0.39, 0.29) is 25.7 Å². The van der Waals surface area contributed by atoms with Gasteiger partial charge in [-0.15, -0.1) is 0 Å². The quantitative estimate of drug-likeness (QED) is 0.296. The van der Waals surface area contributed by atoms with Crippen LogP contribution in [0.3, 0.4) is 0 Å². The largest absolute Gasteiger partial charge is 0.472 e. The molecule has 2 aliphatic carbocycles. The molecule has 0 radical (unpaired) electrons. The fourth-order valence-corrected chi connectivity index (χ4v) is 7.78. The molecule has 1 saturated heterocycles. The van der Waals surface area contributed by atoms with Crippen molar-refractivity contribution in [2.75, 3.05) is 7.11 Å². The number of rotatable bonds is 7. The maximum Gasteiger partial charge on any atom is 0.432 e. The maximum atomic E-state index is 14.7. The standard InChI is InChI=1S/C32H35F3O10/c1-17(36)42-24-14-23(45-29(39)31(40-4,32(33,34)35)20-8-6-5-7-9-20)21-10-11-22-28(38)44-25(19-12-13-41-16-19)15-30(22,3)26(21)27(24)43-18(2)37/h5-9,12-13,16,21-27H,10-11,14-15H2,1-4H3/t21-,22+,23-,24+,25+,26+,27+,30-,31-/m1/s1. The van der Waals surface area contributed by atoms with Crippen LogP contribution in [0.25, 0.3) is 0 Å². The number of ether oxygens (including phenoxy) is 5. The first-order valence-corrected chi connectivity index (χ1v) is 14.7. The van der Waals surface area contributed by atoms with Crippen molar-refractivity contribution in [2.45, 2.75) is 82.6 Å². The highest BCUT2D eigenvalue weighted by atomic mass is 19.4. The number of methoxy groups -OCH3 is 1. The van der Waals surface area contributed by atoms with Gasteiger partial charge in [-0.3, -0.25) is 14.4 Å². The number of cyclic esters (lactones) is 1. The highest BCUT2D eigenvalue weighted by Crippen LogP contribution is 2.61. The molecule has 0 bridgehead atoms. The van der Waals surface area contributed by atoms with E-state index in [4.69, 9.17) is 28.1 Å². The second-order valence-corrected chi connectivity index (χ2v) is 12.2. The van der Waals surface area contributed by atoms with Crippen LogP contribution in [0.4, 0.5) is 13.2 Å². The fourth-order valence-electron chi connectivity index (χ4n) is 7.78. The van der Waals surface area contributed by atoms with Crippen molar-refractivity contribution < 1.29 is 60.5 Å². The summed E-state index contributed by atoms with van der Waals surface area (Å²) in [5.74, 6) is -5.72. The molecule has 1 aliphatic heterocycles. The monoisotopic (exact) mass is 636 g/mol. The summed E-state index contributed by atoms with van der Waals surface area (Å²) in [6, 6.07) is 8.09. The smallest absolute Gasteiger partial charge is 0.432 e. The number of carbonyl (C=O) groups is 4. The number of furan rings is 1. The van der Waals surface area contributed by atoms with Gasteiger partial charge in [0.2, 0.25) is 0 Å². The molecule has 0 unspecified atom stereocenters. The average molecular weight is 637 g/mol. The van der Waals surface area contributed by atoms with E-state index in [1.807, 2.05) is 6.92 Å². The number of alkyl halides is 3. The molecule has 0 N–H and O–H groups in total. The van der Waals surface area contributed by atoms with Gasteiger partial charge in [0, 0.05) is 50.3 Å². The molecule has 244 valence electrons. The lowest BCUT2D eigenvalue weighted by atomic mass is 9.49. The first kappa shape index (κ1) is 32.5. The molecule has 1 aromatic heterocycles. The van der Waals surface area contributed by atoms with Gasteiger partial charge in [0.1, 0.15) is 24.4 Å². The summed E-state index contributed by atoms with van der Waals surface area (Å²) >= 11 is 0. The van der Waals surface area contributed by atoms with Crippen LogP contribution in [0.15, 0.2) is 53.3 Å². The van der Waals surface area contributed by atoms with Gasteiger partial charge >= 0.3 is 30.1 Å². The first-order valence-electron chi connectivity index (χ1n) is 14.7. The summed E-state index contributed by atoms with van der Waals surface area (Å²) in [5.41, 5.74) is -4.30. The summed E-state index contributed by atoms with van der Waals surface area (Å²) in [6.07, 6.45) is -6.04. The van der Waals surface area contributed by atoms with Crippen LogP contribution in [0.5, 0.6) is 0 Å². The third-order valence-electron chi connectivity index (χ3n) is 9.60. The second-order valence-electron chi connectivity index (χ2n) is 12.2. The van der Waals surface area contributed by atoms with Crippen LogP contribution in [0, 0.1) is 23.2 Å². The summed E-state index contributed by atoms with van der Waals surface area (Å²) in [5, 5.41) is 0. The number of benzene rings is 1. The van der Waals surface area contributed by atoms with Crippen LogP contribution in [0.2, 0.25) is 0 Å². The zero-order chi connectivity index (χ0) is 32.7. The summed E-state index contributed by atoms with van der Waals surface area (Å²) in [7, 11) is 0.777. The number of esters is 4. The lowest BCUT2D eigenvalue weighted by molar-refractivity contribution is -0.284. The number of carbonyl (C=O) groups excluding carboxylic acids is 4. The minimum absolute atomic E-state index is 0.232. The zero-order valence-electron chi connectivity index (χ0n) is 25.2. The van der Waals surface area contributed by atoms with E-state index in [2.05, 4.69) is 0 Å². The third-order valence-corrected chi connectivity index (χ3v) is 9.60. The molecule has 45 heavy (non-hydrogen) atoms. The highest BCUT2D eigenvalue weighted by Gasteiger charge is 2.67. The number of halogens is 3. The van der Waals surface area contributed by atoms with Crippen LogP contribution >= 0.6 is 0 Å². The Morgan fingerprint density at radius 3 is 2.22 bits per heavy atom. The third kappa shape index (κ3) is 5.70. The SMILES string of the molecule is CO[C@@](C(=O)O[C@@H]1C[C@H](OC(C)=O)[C@H](OC(C)=O)[C@@H]2[C@@H]1CC[C@H]1C(=O)O[C@H](c3ccoc3)C[C@@]21C)(c1ccccc1)C(F)(F)F. The molecule has 13 heteroatoms. The fraction of sp³-hybridized carbons (Fsp3) is 0.562. The molecule has 3 aliphatic rings. The minimum Gasteiger partial charge on any atom is -0.472 e. The van der Waals surface area contributed by atoms with Crippen molar-refractivity contribution in [3.8, 4) is 0 Å². The Morgan fingerprint density at radius 1 is 0.956 bits per heavy atom. The molecule has 2 heterocycles. The van der Waals surface area contributed by atoms with E-state index < -0.39 is 88.8 Å². The Balaban J connectivity index is 1.59. The zero-order valence-corrected chi connectivity index (χ0v) is 25.2. The van der Waals surface area contributed by atoms with Crippen molar-refractivity contribution in [1.29, 1.82) is 0 Å². The summed E-state index contributed by atoms with van der Waals surface area (Å²) < 4.78 is 77.3. The van der Waals surface area contributed by atoms with Gasteiger partial charge in [0.15, 0.2) is 0 Å². The molecule has 9 atom stereocenters. The number of fused-ring (bicyclic) bond motifs is 3. The van der Waals surface area contributed by atoms with Crippen LogP contribution < -0.4 is 0 Å². The van der Waals surface area contributed by atoms with Gasteiger partial charge in [0.25, 0.3) is 5.60 Å². The molecule has 1 aromatic carbocycles. The van der Waals surface area contributed by atoms with Crippen molar-refractivity contribution in [2.24, 2.45) is 23.2 Å². The molecule has 2 saturated carbocycles. The predicted molar refractivity (Wildman–Crippen MR) is 147 cm³/mol. The maximum absolute atomic E-state index is 14.7. The topological polar surface area (TPSA) is 128 Å². The Labute approximate surface area is 257 Å². The molecule has 0 spiro atoms. The molecular weight excluding hydrogens is 601 g/mol. The lowest BCUT2D eigenvalue weighted by Crippen LogP contribution is -2.64. The van der Waals surface area contributed by atoms with E-state index in [0.717, 1.165) is 26.2 Å². The van der Waals surface area contributed by atoms with Crippen molar-refractivity contribution >= 4 is 23.9 Å². The van der Waals surface area contributed by atoms with Gasteiger partial charge in [-0.05, 0) is 30.7 Å². The average Bonchev–Trinajstić information content (AvgIpc) is 3.50. The summed E-state index contributed by atoms with van der Waals surface area (Å²) in [4.78, 5) is 51.8. The number of hydrogen-bond donors (Lipinski definition) is 0. The predicted octanol–water partition coefficient (Wildman–Crippen LogP) is 5.20. The summed E-state index contributed by atoms with van der Waals surface area (Å²) in [6.45, 7) is 4.16. The molecule has 2 aromatic rings. The molecule has 0 amide bonds. The van der Waals surface area contributed by atoms with Crippen LogP contribution in [-0.2, 0) is 48.5 Å². The van der Waals surface area contributed by atoms with Gasteiger partial charge in [-0.25, -0.2) is 4.79 Å². The second kappa shape index (κ2) is 12.1. The van der Waals surface area contributed by atoms with Crippen LogP contribution in [0.1, 0.15) is 63.7 Å². The Hall–Kier alpha value is -3.87. The van der Waals surface area contributed by atoms with Crippen LogP contribution in [-0.4, -0.2) is 55.5 Å². The molecule has 5 rings (SSSR count). The molecule has 10 nitrogen and oxygen atoms in total. The van der Waals surface area contributed by atoms with Crippen molar-refractivity contribution in [1.82, 2.24) is 0 Å². The minimum atomic E-state index is -5.21. The van der Waals surface area contributed by atoms with E-state index in [9.17, 15) is 32.3 Å². The molecule has 3 fully saturated rings. The van der Waals surface area contributed by atoms with E-state index in [0.29, 0.717) is 5.56 Å². The molecular formula is C32H35F3O10.